The largest absolute Gasteiger partial charge is 0.423 e. The molecule has 0 fully saturated rings. The minimum absolute atomic E-state index is 0.283. The van der Waals surface area contributed by atoms with Crippen molar-refractivity contribution < 1.29 is 23.0 Å². The highest BCUT2D eigenvalue weighted by Gasteiger charge is 2.43. The monoisotopic (exact) mass is 251 g/mol. The van der Waals surface area contributed by atoms with Crippen LogP contribution < -0.4 is 5.73 Å². The van der Waals surface area contributed by atoms with E-state index in [1.807, 2.05) is 0 Å². The first-order chi connectivity index (χ1) is 7.64. The van der Waals surface area contributed by atoms with Crippen molar-refractivity contribution in [3.05, 3.63) is 37.9 Å². The molecule has 0 aliphatic heterocycles. The average Bonchev–Trinajstić information content (AvgIpc) is 2.14. The Kier molecular flexibility index (Phi) is 2.90. The summed E-state index contributed by atoms with van der Waals surface area (Å²) in [6.07, 6.45) is -5.09. The molecular weight excluding hydrogens is 247 g/mol. The summed E-state index contributed by atoms with van der Waals surface area (Å²) in [6, 6.07) is 0.790. The van der Waals surface area contributed by atoms with E-state index in [9.17, 15) is 33.4 Å². The normalized spacial score (nSPS) is 11.2. The van der Waals surface area contributed by atoms with Gasteiger partial charge < -0.3 is 5.73 Å². The first-order valence-electron chi connectivity index (χ1n) is 3.94. The summed E-state index contributed by atoms with van der Waals surface area (Å²) in [5.74, 6) is 0. The summed E-state index contributed by atoms with van der Waals surface area (Å²) in [7, 11) is 0. The number of anilines is 1. The van der Waals surface area contributed by atoms with Gasteiger partial charge in [-0.05, 0) is 6.07 Å². The number of rotatable bonds is 2. The molecule has 17 heavy (non-hydrogen) atoms. The number of alkyl halides is 3. The molecule has 0 aliphatic rings. The molecule has 10 heteroatoms. The van der Waals surface area contributed by atoms with E-state index >= 15 is 0 Å². The number of nitrogen functional groups attached to an aromatic ring is 1. The molecule has 0 bridgehead atoms. The molecule has 2 N–H and O–H groups in total. The maximum Gasteiger partial charge on any atom is 0.423 e. The Morgan fingerprint density at radius 3 is 2.00 bits per heavy atom. The molecule has 0 unspecified atom stereocenters. The number of halogens is 3. The van der Waals surface area contributed by atoms with E-state index in [1.165, 1.54) is 0 Å². The summed E-state index contributed by atoms with van der Waals surface area (Å²) < 4.78 is 37.3. The van der Waals surface area contributed by atoms with Crippen LogP contribution in [0.4, 0.5) is 30.2 Å². The van der Waals surface area contributed by atoms with Gasteiger partial charge in [0, 0.05) is 11.8 Å². The molecule has 0 saturated carbocycles. The summed E-state index contributed by atoms with van der Waals surface area (Å²) in [5, 5.41) is 20.9. The van der Waals surface area contributed by atoms with E-state index in [-0.39, 0.29) is 6.07 Å². The van der Waals surface area contributed by atoms with E-state index in [4.69, 9.17) is 5.73 Å². The Morgan fingerprint density at radius 1 is 1.12 bits per heavy atom. The van der Waals surface area contributed by atoms with Crippen LogP contribution in [0.1, 0.15) is 5.56 Å². The Labute approximate surface area is 90.9 Å². The van der Waals surface area contributed by atoms with Crippen molar-refractivity contribution in [2.75, 3.05) is 5.73 Å². The Balaban J connectivity index is 3.70. The molecule has 1 aromatic carbocycles. The van der Waals surface area contributed by atoms with Crippen LogP contribution in [-0.2, 0) is 6.18 Å². The number of nitro benzene ring substituents is 2. The number of hydrogen-bond acceptors (Lipinski definition) is 5. The lowest BCUT2D eigenvalue weighted by Crippen LogP contribution is -2.11. The molecule has 1 rings (SSSR count). The van der Waals surface area contributed by atoms with Crippen LogP contribution in [0.2, 0.25) is 0 Å². The zero-order valence-corrected chi connectivity index (χ0v) is 7.89. The van der Waals surface area contributed by atoms with Gasteiger partial charge in [0.15, 0.2) is 0 Å². The summed E-state index contributed by atoms with van der Waals surface area (Å²) in [6.45, 7) is 0. The van der Waals surface area contributed by atoms with Crippen molar-refractivity contribution in [2.45, 2.75) is 6.18 Å². The van der Waals surface area contributed by atoms with E-state index in [1.54, 1.807) is 0 Å². The minimum atomic E-state index is -5.09. The van der Waals surface area contributed by atoms with Gasteiger partial charge in [-0.15, -0.1) is 0 Å². The van der Waals surface area contributed by atoms with Gasteiger partial charge in [0.1, 0.15) is 5.56 Å². The second-order valence-corrected chi connectivity index (χ2v) is 2.95. The first-order valence-corrected chi connectivity index (χ1v) is 3.94. The fourth-order valence-electron chi connectivity index (χ4n) is 1.19. The van der Waals surface area contributed by atoms with Crippen LogP contribution in [0.15, 0.2) is 12.1 Å². The van der Waals surface area contributed by atoms with Crippen molar-refractivity contribution in [1.29, 1.82) is 0 Å². The highest BCUT2D eigenvalue weighted by molar-refractivity contribution is 5.65. The van der Waals surface area contributed by atoms with E-state index < -0.39 is 38.6 Å². The predicted octanol–water partition coefficient (Wildman–Crippen LogP) is 2.10. The van der Waals surface area contributed by atoms with Crippen LogP contribution in [0.3, 0.4) is 0 Å². The number of nitrogens with zero attached hydrogens (tertiary/aromatic N) is 2. The molecule has 0 amide bonds. The molecule has 0 aliphatic carbocycles. The molecule has 7 nitrogen and oxygen atoms in total. The quantitative estimate of drug-likeness (QED) is 0.491. The fraction of sp³-hybridized carbons (Fsp3) is 0.143. The molecular formula is C7H4F3N3O4. The zero-order valence-electron chi connectivity index (χ0n) is 7.89. The molecule has 0 saturated heterocycles. The highest BCUT2D eigenvalue weighted by Crippen LogP contribution is 2.42. The predicted molar refractivity (Wildman–Crippen MR) is 49.2 cm³/mol. The fourth-order valence-corrected chi connectivity index (χ4v) is 1.19. The summed E-state index contributed by atoms with van der Waals surface area (Å²) >= 11 is 0. The maximum absolute atomic E-state index is 12.4. The molecule has 92 valence electrons. The summed E-state index contributed by atoms with van der Waals surface area (Å²) in [4.78, 5) is 18.2. The molecule has 1 aromatic rings. The van der Waals surface area contributed by atoms with Crippen molar-refractivity contribution >= 4 is 17.1 Å². The van der Waals surface area contributed by atoms with Crippen molar-refractivity contribution in [2.24, 2.45) is 0 Å². The number of benzene rings is 1. The first kappa shape index (κ1) is 12.7. The van der Waals surface area contributed by atoms with Crippen LogP contribution in [0.25, 0.3) is 0 Å². The van der Waals surface area contributed by atoms with Crippen LogP contribution in [0.5, 0.6) is 0 Å². The third kappa shape index (κ3) is 2.41. The SMILES string of the molecule is Nc1cc([N+](=O)[O-])c([N+](=O)[O-])c(C(F)(F)F)c1. The lowest BCUT2D eigenvalue weighted by atomic mass is 10.1. The second-order valence-electron chi connectivity index (χ2n) is 2.95. The van der Waals surface area contributed by atoms with E-state index in [2.05, 4.69) is 0 Å². The third-order valence-corrected chi connectivity index (χ3v) is 1.80. The van der Waals surface area contributed by atoms with Crippen LogP contribution in [0, 0.1) is 20.2 Å². The van der Waals surface area contributed by atoms with Crippen molar-refractivity contribution in [1.82, 2.24) is 0 Å². The molecule has 0 spiro atoms. The van der Waals surface area contributed by atoms with Crippen LogP contribution in [-0.4, -0.2) is 9.85 Å². The van der Waals surface area contributed by atoms with Gasteiger partial charge in [0.25, 0.3) is 0 Å². The molecule has 0 heterocycles. The average molecular weight is 251 g/mol. The Hall–Kier alpha value is -2.39. The molecule has 0 aromatic heterocycles. The van der Waals surface area contributed by atoms with Gasteiger partial charge in [-0.2, -0.15) is 13.2 Å². The minimum Gasteiger partial charge on any atom is -0.399 e. The van der Waals surface area contributed by atoms with Gasteiger partial charge in [0.05, 0.1) is 9.85 Å². The van der Waals surface area contributed by atoms with E-state index in [0.29, 0.717) is 6.07 Å². The van der Waals surface area contributed by atoms with Gasteiger partial charge in [0.2, 0.25) is 0 Å². The molecule has 0 radical (unpaired) electrons. The maximum atomic E-state index is 12.4. The number of nitro groups is 2. The van der Waals surface area contributed by atoms with Gasteiger partial charge in [-0.3, -0.25) is 20.2 Å². The topological polar surface area (TPSA) is 112 Å². The van der Waals surface area contributed by atoms with Crippen molar-refractivity contribution in [3.63, 3.8) is 0 Å². The van der Waals surface area contributed by atoms with Gasteiger partial charge in [-0.1, -0.05) is 0 Å². The second kappa shape index (κ2) is 3.88. The number of hydrogen-bond donors (Lipinski definition) is 1. The highest BCUT2D eigenvalue weighted by atomic mass is 19.4. The van der Waals surface area contributed by atoms with Crippen molar-refractivity contribution in [3.8, 4) is 0 Å². The molecule has 0 atom stereocenters. The van der Waals surface area contributed by atoms with Crippen LogP contribution >= 0.6 is 0 Å². The number of nitrogens with two attached hydrogens (primary N) is 1. The van der Waals surface area contributed by atoms with E-state index in [0.717, 1.165) is 0 Å². The standard InChI is InChI=1S/C7H4F3N3O4/c8-7(9,10)4-1-3(11)2-5(12(14)15)6(4)13(16)17/h1-2H,11H2. The lowest BCUT2D eigenvalue weighted by molar-refractivity contribution is -0.424. The van der Waals surface area contributed by atoms with Gasteiger partial charge >= 0.3 is 17.6 Å². The van der Waals surface area contributed by atoms with Gasteiger partial charge in [-0.25, -0.2) is 0 Å². The summed E-state index contributed by atoms with van der Waals surface area (Å²) in [5.41, 5.74) is -0.184. The zero-order chi connectivity index (χ0) is 13.4. The Bertz CT molecular complexity index is 500. The smallest absolute Gasteiger partial charge is 0.399 e. The third-order valence-electron chi connectivity index (χ3n) is 1.80. The lowest BCUT2D eigenvalue weighted by Gasteiger charge is -2.08. The Morgan fingerprint density at radius 2 is 1.65 bits per heavy atom.